The van der Waals surface area contributed by atoms with Gasteiger partial charge in [0.05, 0.1) is 8.30 Å². The Morgan fingerprint density at radius 1 is 0.810 bits per heavy atom. The molecule has 0 aromatic heterocycles. The molecule has 0 radical (unpaired) electrons. The van der Waals surface area contributed by atoms with Gasteiger partial charge in [-0.25, -0.2) is 4.79 Å². The largest absolute Gasteiger partial charge is 0.478 e. The Hall–Kier alpha value is -2.87. The van der Waals surface area contributed by atoms with Crippen LogP contribution in [0.1, 0.15) is 13.1 Å². The van der Waals surface area contributed by atoms with Crippen LogP contribution in [0.25, 0.3) is 22.3 Å². The number of benzene rings is 3. The molecule has 0 aliphatic heterocycles. The van der Waals surface area contributed by atoms with Crippen molar-refractivity contribution >= 4 is 5.97 Å². The van der Waals surface area contributed by atoms with E-state index >= 15 is 0 Å². The van der Waals surface area contributed by atoms with E-state index in [-0.39, 0.29) is 5.56 Å². The third kappa shape index (κ3) is 2.70. The van der Waals surface area contributed by atoms with Crippen molar-refractivity contribution in [2.45, 2.75) is 0 Å². The number of carbonyl (C=O) groups is 1. The number of hydrogen-bond acceptors (Lipinski definition) is 1. The van der Waals surface area contributed by atoms with Gasteiger partial charge in [0.15, 0.2) is 0 Å². The second kappa shape index (κ2) is 5.63. The summed E-state index contributed by atoms with van der Waals surface area (Å²) < 4.78 is 15.0. The summed E-state index contributed by atoms with van der Waals surface area (Å²) in [6.45, 7) is 0. The number of carboxylic acids is 1. The average molecular weight is 278 g/mol. The lowest BCUT2D eigenvalue weighted by Gasteiger charge is -2.09. The summed E-state index contributed by atoms with van der Waals surface area (Å²) >= 11 is 0. The van der Waals surface area contributed by atoms with Gasteiger partial charge in [0, 0.05) is 0 Å². The maximum absolute atomic E-state index is 11.6. The van der Waals surface area contributed by atoms with Crippen LogP contribution in [0.3, 0.4) is 0 Å². The lowest BCUT2D eigenvalue weighted by atomic mass is 9.95. The zero-order valence-electron chi connectivity index (χ0n) is 13.2. The second-order valence-corrected chi connectivity index (χ2v) is 4.64. The van der Waals surface area contributed by atoms with Crippen LogP contribution in [0.2, 0.25) is 0 Å². The molecule has 0 bridgehead atoms. The lowest BCUT2D eigenvalue weighted by molar-refractivity contribution is 0.0698. The number of hydrogen-bond donors (Lipinski definition) is 1. The fourth-order valence-electron chi connectivity index (χ4n) is 2.30. The van der Waals surface area contributed by atoms with Crippen LogP contribution in [0.5, 0.6) is 0 Å². The van der Waals surface area contributed by atoms with Crippen molar-refractivity contribution in [2.24, 2.45) is 0 Å². The minimum absolute atomic E-state index is 0.218. The van der Waals surface area contributed by atoms with Gasteiger partial charge >= 0.3 is 5.97 Å². The van der Waals surface area contributed by atoms with Crippen LogP contribution >= 0.6 is 0 Å². The molecule has 0 unspecified atom stereocenters. The number of rotatable bonds is 3. The fourth-order valence-corrected chi connectivity index (χ4v) is 2.30. The lowest BCUT2D eigenvalue weighted by Crippen LogP contribution is -2.00. The molecule has 21 heavy (non-hydrogen) atoms. The van der Waals surface area contributed by atoms with Crippen LogP contribution in [0.4, 0.5) is 0 Å². The molecule has 0 spiro atoms. The summed E-state index contributed by atoms with van der Waals surface area (Å²) in [5, 5.41) is 9.53. The van der Waals surface area contributed by atoms with Gasteiger partial charge < -0.3 is 5.11 Å². The Bertz CT molecular complexity index is 854. The zero-order valence-corrected chi connectivity index (χ0v) is 11.2. The molecule has 0 atom stereocenters. The first kappa shape index (κ1) is 10.9. The highest BCUT2D eigenvalue weighted by atomic mass is 16.4. The standard InChI is InChI=1S/C19H14O2/c20-19(21)18-13-16(14-7-3-1-4-8-14)11-12-17(18)15-9-5-2-6-10-15/h1-13H,(H,20,21)/i1T,2T. The van der Waals surface area contributed by atoms with Crippen molar-refractivity contribution in [2.75, 3.05) is 0 Å². The van der Waals surface area contributed by atoms with Crippen molar-refractivity contribution in [1.29, 1.82) is 0 Å². The van der Waals surface area contributed by atoms with E-state index in [0.29, 0.717) is 17.6 Å². The first-order chi connectivity index (χ1) is 11.0. The predicted molar refractivity (Wildman–Crippen MR) is 84.3 cm³/mol. The van der Waals surface area contributed by atoms with Crippen molar-refractivity contribution in [3.63, 3.8) is 0 Å². The number of carboxylic acid groups (broad SMARTS) is 1. The van der Waals surface area contributed by atoms with Gasteiger partial charge in [-0.2, -0.15) is 0 Å². The molecule has 0 fully saturated rings. The van der Waals surface area contributed by atoms with Crippen LogP contribution in [-0.4, -0.2) is 11.1 Å². The Kier molecular flexibility index (Phi) is 2.91. The highest BCUT2D eigenvalue weighted by Gasteiger charge is 2.13. The van der Waals surface area contributed by atoms with Crippen LogP contribution < -0.4 is 0 Å². The normalized spacial score (nSPS) is 11.6. The molecule has 3 aromatic carbocycles. The Morgan fingerprint density at radius 2 is 1.38 bits per heavy atom. The summed E-state index contributed by atoms with van der Waals surface area (Å²) in [4.78, 5) is 11.6. The fraction of sp³-hybridized carbons (Fsp3) is 0. The van der Waals surface area contributed by atoms with Crippen LogP contribution in [-0.2, 0) is 0 Å². The molecule has 0 aliphatic rings. The maximum Gasteiger partial charge on any atom is 0.336 e. The third-order valence-corrected chi connectivity index (χ3v) is 3.33. The SMILES string of the molecule is [3H]c1ccc(-c2ccc(-c3ccc([3H])cc3)c(C(=O)O)c2)cc1. The smallest absolute Gasteiger partial charge is 0.336 e. The van der Waals surface area contributed by atoms with Gasteiger partial charge in [-0.3, -0.25) is 0 Å². The molecule has 0 heterocycles. The summed E-state index contributed by atoms with van der Waals surface area (Å²) in [5.41, 5.74) is 3.28. The Labute approximate surface area is 126 Å². The molecule has 3 rings (SSSR count). The minimum Gasteiger partial charge on any atom is -0.478 e. The highest BCUT2D eigenvalue weighted by Crippen LogP contribution is 2.28. The molecule has 0 saturated heterocycles. The first-order valence-corrected chi connectivity index (χ1v) is 6.56. The van der Waals surface area contributed by atoms with Crippen molar-refractivity contribution < 1.29 is 12.6 Å². The van der Waals surface area contributed by atoms with E-state index in [1.807, 2.05) is 6.07 Å². The van der Waals surface area contributed by atoms with E-state index in [1.54, 1.807) is 60.7 Å². The molecule has 0 aliphatic carbocycles. The van der Waals surface area contributed by atoms with E-state index in [1.165, 1.54) is 0 Å². The molecule has 3 aromatic rings. The van der Waals surface area contributed by atoms with E-state index < -0.39 is 5.97 Å². The summed E-state index contributed by atoms with van der Waals surface area (Å²) in [6, 6.07) is 19.8. The minimum atomic E-state index is -0.992. The Morgan fingerprint density at radius 3 is 1.95 bits per heavy atom. The maximum atomic E-state index is 11.6. The highest BCUT2D eigenvalue weighted by molar-refractivity contribution is 5.97. The van der Waals surface area contributed by atoms with E-state index in [2.05, 4.69) is 0 Å². The summed E-state index contributed by atoms with van der Waals surface area (Å²) in [5.74, 6) is -0.992. The second-order valence-electron chi connectivity index (χ2n) is 4.64. The van der Waals surface area contributed by atoms with Gasteiger partial charge in [0.2, 0.25) is 0 Å². The van der Waals surface area contributed by atoms with E-state index in [4.69, 9.17) is 2.74 Å². The molecular formula is C19H14O2. The van der Waals surface area contributed by atoms with Crippen molar-refractivity contribution in [1.82, 2.24) is 0 Å². The summed E-state index contributed by atoms with van der Waals surface area (Å²) in [6.07, 6.45) is 0. The molecule has 2 heteroatoms. The van der Waals surface area contributed by atoms with Crippen molar-refractivity contribution in [3.8, 4) is 22.3 Å². The van der Waals surface area contributed by atoms with Gasteiger partial charge in [0.25, 0.3) is 0 Å². The molecule has 1 N–H and O–H groups in total. The van der Waals surface area contributed by atoms with Crippen molar-refractivity contribution in [3.05, 3.63) is 84.4 Å². The van der Waals surface area contributed by atoms with Gasteiger partial charge in [-0.05, 0) is 28.3 Å². The van der Waals surface area contributed by atoms with Gasteiger partial charge in [0.1, 0.15) is 0 Å². The first-order valence-electron chi connectivity index (χ1n) is 7.56. The quantitative estimate of drug-likeness (QED) is 0.752. The average Bonchev–Trinajstić information content (AvgIpc) is 2.56. The van der Waals surface area contributed by atoms with Crippen LogP contribution in [0.15, 0.2) is 78.8 Å². The number of aromatic carboxylic acids is 1. The topological polar surface area (TPSA) is 37.3 Å². The van der Waals surface area contributed by atoms with Gasteiger partial charge in [-0.15, -0.1) is 0 Å². The molecule has 2 nitrogen and oxygen atoms in total. The third-order valence-electron chi connectivity index (χ3n) is 3.33. The molecule has 0 saturated carbocycles. The molecular weight excluding hydrogens is 260 g/mol. The molecule has 102 valence electrons. The van der Waals surface area contributed by atoms with E-state index in [0.717, 1.165) is 16.7 Å². The molecule has 0 amide bonds. The predicted octanol–water partition coefficient (Wildman–Crippen LogP) is 4.72. The van der Waals surface area contributed by atoms with Gasteiger partial charge in [-0.1, -0.05) is 72.7 Å². The van der Waals surface area contributed by atoms with E-state index in [9.17, 15) is 9.90 Å². The monoisotopic (exact) mass is 278 g/mol. The van der Waals surface area contributed by atoms with Crippen LogP contribution in [0, 0.1) is 0 Å². The summed E-state index contributed by atoms with van der Waals surface area (Å²) in [7, 11) is 0. The zero-order chi connectivity index (χ0) is 16.4. The Balaban J connectivity index is 2.10.